The summed E-state index contributed by atoms with van der Waals surface area (Å²) in [4.78, 5) is 14.4. The predicted octanol–water partition coefficient (Wildman–Crippen LogP) is 1.28. The summed E-state index contributed by atoms with van der Waals surface area (Å²) in [6, 6.07) is 5.28. The van der Waals surface area contributed by atoms with Crippen molar-refractivity contribution in [3.05, 3.63) is 30.1 Å². The van der Waals surface area contributed by atoms with Crippen LogP contribution in [0, 0.1) is 0 Å². The van der Waals surface area contributed by atoms with Gasteiger partial charge in [-0.2, -0.15) is 0 Å². The normalized spacial score (nSPS) is 9.00. The van der Waals surface area contributed by atoms with E-state index < -0.39 is 0 Å². The van der Waals surface area contributed by atoms with E-state index in [0.717, 1.165) is 0 Å². The molecule has 46 valence electrons. The summed E-state index contributed by atoms with van der Waals surface area (Å²) in [5.41, 5.74) is 0.525. The van der Waals surface area contributed by atoms with Gasteiger partial charge in [0.05, 0.1) is 0 Å². The Labute approximate surface area is 53.5 Å². The van der Waals surface area contributed by atoms with Crippen molar-refractivity contribution in [3.63, 3.8) is 0 Å². The van der Waals surface area contributed by atoms with E-state index in [2.05, 4.69) is 4.98 Å². The van der Waals surface area contributed by atoms with Crippen molar-refractivity contribution in [1.82, 2.24) is 4.98 Å². The fraction of sp³-hybridized carbons (Fsp3) is 0.143. The Kier molecular flexibility index (Phi) is 1.58. The summed E-state index contributed by atoms with van der Waals surface area (Å²) in [7, 11) is 0. The fourth-order valence-electron chi connectivity index (χ4n) is 0.571. The zero-order chi connectivity index (χ0) is 6.69. The molecule has 0 unspecified atom stereocenters. The molecule has 0 fully saturated rings. The molecule has 0 saturated carbocycles. The lowest BCUT2D eigenvalue weighted by Gasteiger charge is -1.88. The van der Waals surface area contributed by atoms with Crippen LogP contribution in [-0.2, 0) is 0 Å². The van der Waals surface area contributed by atoms with Gasteiger partial charge in [-0.3, -0.25) is 9.78 Å². The molecular formula is C7H7NO. The summed E-state index contributed by atoms with van der Waals surface area (Å²) < 4.78 is 0. The molecule has 9 heavy (non-hydrogen) atoms. The van der Waals surface area contributed by atoms with Gasteiger partial charge in [-0.25, -0.2) is 0 Å². The molecule has 0 aliphatic rings. The number of carbonyl (C=O) groups excluding carboxylic acids is 1. The second-order valence-electron chi connectivity index (χ2n) is 1.77. The molecule has 0 atom stereocenters. The van der Waals surface area contributed by atoms with Gasteiger partial charge < -0.3 is 0 Å². The smallest absolute Gasteiger partial charge is 0.178 e. The van der Waals surface area contributed by atoms with Gasteiger partial charge in [0.1, 0.15) is 5.69 Å². The third-order valence-electron chi connectivity index (χ3n) is 1.03. The molecule has 0 bridgehead atoms. The Hall–Kier alpha value is -1.18. The first-order chi connectivity index (χ1) is 4.30. The highest BCUT2D eigenvalue weighted by Crippen LogP contribution is 1.92. The SMILES string of the molecule is [11CH3]C(=O)c1ccccn1. The quantitative estimate of drug-likeness (QED) is 0.522. The minimum Gasteiger partial charge on any atom is -0.293 e. The third-order valence-corrected chi connectivity index (χ3v) is 1.03. The first-order valence-corrected chi connectivity index (χ1v) is 2.72. The average Bonchev–Trinajstić information content (AvgIpc) is 1.90. The number of pyridine rings is 1. The van der Waals surface area contributed by atoms with Crippen LogP contribution in [0.1, 0.15) is 17.4 Å². The zero-order valence-corrected chi connectivity index (χ0v) is 5.16. The van der Waals surface area contributed by atoms with Gasteiger partial charge in [0.15, 0.2) is 5.78 Å². The van der Waals surface area contributed by atoms with Crippen LogP contribution >= 0.6 is 0 Å². The van der Waals surface area contributed by atoms with Gasteiger partial charge >= 0.3 is 0 Å². The van der Waals surface area contributed by atoms with Crippen molar-refractivity contribution in [2.24, 2.45) is 0 Å². The predicted molar refractivity (Wildman–Crippen MR) is 34.2 cm³/mol. The van der Waals surface area contributed by atoms with Gasteiger partial charge in [-0.15, -0.1) is 0 Å². The second-order valence-corrected chi connectivity index (χ2v) is 1.77. The lowest BCUT2D eigenvalue weighted by Crippen LogP contribution is -1.93. The Morgan fingerprint density at radius 1 is 1.56 bits per heavy atom. The molecule has 1 rings (SSSR count). The van der Waals surface area contributed by atoms with E-state index in [4.69, 9.17) is 0 Å². The molecule has 0 N–H and O–H groups in total. The summed E-state index contributed by atoms with van der Waals surface area (Å²) in [6.07, 6.45) is 1.61. The number of hydrogen-bond acceptors (Lipinski definition) is 2. The minimum absolute atomic E-state index is 0.00981. The number of ketones is 1. The van der Waals surface area contributed by atoms with Crippen LogP contribution in [0.25, 0.3) is 0 Å². The lowest BCUT2D eigenvalue weighted by molar-refractivity contribution is 0.101. The zero-order valence-electron chi connectivity index (χ0n) is 5.16. The molecule has 0 aliphatic heterocycles. The van der Waals surface area contributed by atoms with Crippen LogP contribution in [0.2, 0.25) is 0 Å². The first-order valence-electron chi connectivity index (χ1n) is 2.72. The molecule has 0 saturated heterocycles. The number of nitrogens with zero attached hydrogens (tertiary/aromatic N) is 1. The van der Waals surface area contributed by atoms with E-state index in [-0.39, 0.29) is 5.78 Å². The van der Waals surface area contributed by atoms with Gasteiger partial charge in [0, 0.05) is 13.1 Å². The molecule has 1 heterocycles. The van der Waals surface area contributed by atoms with Gasteiger partial charge in [0.25, 0.3) is 0 Å². The van der Waals surface area contributed by atoms with Crippen LogP contribution in [0.15, 0.2) is 24.4 Å². The summed E-state index contributed by atoms with van der Waals surface area (Å²) in [6.45, 7) is 1.50. The van der Waals surface area contributed by atoms with Crippen LogP contribution in [-0.4, -0.2) is 10.8 Å². The minimum atomic E-state index is 0.00981. The molecule has 1 aromatic heterocycles. The van der Waals surface area contributed by atoms with Crippen LogP contribution < -0.4 is 0 Å². The molecule has 2 nitrogen and oxygen atoms in total. The maximum absolute atomic E-state index is 10.6. The Balaban J connectivity index is 2.98. The Bertz CT molecular complexity index is 205. The van der Waals surface area contributed by atoms with Gasteiger partial charge in [-0.1, -0.05) is 6.07 Å². The molecule has 0 amide bonds. The summed E-state index contributed by atoms with van der Waals surface area (Å²) in [5, 5.41) is 0. The standard InChI is InChI=1S/C7H7NO/c1-6(9)7-4-2-3-5-8-7/h2-5H,1H3/i1-1. The second kappa shape index (κ2) is 2.40. The van der Waals surface area contributed by atoms with Crippen LogP contribution in [0.5, 0.6) is 0 Å². The highest BCUT2D eigenvalue weighted by molar-refractivity contribution is 5.91. The van der Waals surface area contributed by atoms with E-state index in [1.165, 1.54) is 6.92 Å². The maximum atomic E-state index is 10.6. The lowest BCUT2D eigenvalue weighted by atomic mass is 10.1. The highest BCUT2D eigenvalue weighted by atomic mass is 16.1. The maximum Gasteiger partial charge on any atom is 0.178 e. The van der Waals surface area contributed by atoms with E-state index in [0.29, 0.717) is 5.69 Å². The van der Waals surface area contributed by atoms with Crippen molar-refractivity contribution in [2.45, 2.75) is 6.92 Å². The topological polar surface area (TPSA) is 30.0 Å². The molecule has 1 aromatic rings. The monoisotopic (exact) mass is 120 g/mol. The summed E-state index contributed by atoms with van der Waals surface area (Å²) >= 11 is 0. The third kappa shape index (κ3) is 1.35. The highest BCUT2D eigenvalue weighted by Gasteiger charge is 1.94. The number of aromatic nitrogens is 1. The van der Waals surface area contributed by atoms with Crippen LogP contribution in [0.4, 0.5) is 0 Å². The van der Waals surface area contributed by atoms with E-state index in [1.807, 2.05) is 0 Å². The molecule has 0 aliphatic carbocycles. The van der Waals surface area contributed by atoms with E-state index >= 15 is 0 Å². The number of hydrogen-bond donors (Lipinski definition) is 0. The van der Waals surface area contributed by atoms with E-state index in [9.17, 15) is 4.79 Å². The largest absolute Gasteiger partial charge is 0.293 e. The fourth-order valence-corrected chi connectivity index (χ4v) is 0.571. The number of carbonyl (C=O) groups is 1. The van der Waals surface area contributed by atoms with Crippen molar-refractivity contribution >= 4 is 5.78 Å². The van der Waals surface area contributed by atoms with Crippen molar-refractivity contribution in [1.29, 1.82) is 0 Å². The average molecular weight is 120 g/mol. The molecule has 0 aromatic carbocycles. The van der Waals surface area contributed by atoms with Gasteiger partial charge in [-0.05, 0) is 12.1 Å². The van der Waals surface area contributed by atoms with Crippen molar-refractivity contribution in [2.75, 3.05) is 0 Å². The van der Waals surface area contributed by atoms with Crippen molar-refractivity contribution < 1.29 is 4.79 Å². The van der Waals surface area contributed by atoms with Crippen LogP contribution in [0.3, 0.4) is 0 Å². The van der Waals surface area contributed by atoms with Crippen molar-refractivity contribution in [3.8, 4) is 0 Å². The molecule has 0 spiro atoms. The molecule has 0 radical (unpaired) electrons. The van der Waals surface area contributed by atoms with E-state index in [1.54, 1.807) is 24.4 Å². The van der Waals surface area contributed by atoms with Gasteiger partial charge in [0.2, 0.25) is 0 Å². The Morgan fingerprint density at radius 2 is 2.33 bits per heavy atom. The molecule has 2 heteroatoms. The number of rotatable bonds is 1. The Morgan fingerprint density at radius 3 is 2.67 bits per heavy atom. The summed E-state index contributed by atoms with van der Waals surface area (Å²) in [5.74, 6) is 0.00981. The number of Topliss-reactive ketones (excluding diaryl/α,β-unsaturated/α-hetero) is 1. The first kappa shape index (κ1) is 5.95. The molecular weight excluding hydrogens is 113 g/mol.